The lowest BCUT2D eigenvalue weighted by Gasteiger charge is -2.16. The first kappa shape index (κ1) is 22.9. The number of hydrazine groups is 1. The van der Waals surface area contributed by atoms with Gasteiger partial charge in [-0.1, -0.05) is 22.0 Å². The predicted molar refractivity (Wildman–Crippen MR) is 114 cm³/mol. The third-order valence-electron chi connectivity index (χ3n) is 4.58. The van der Waals surface area contributed by atoms with Crippen molar-refractivity contribution in [2.45, 2.75) is 6.42 Å². The molecule has 1 atom stereocenters. The summed E-state index contributed by atoms with van der Waals surface area (Å²) in [5.74, 6) is -3.29. The zero-order valence-electron chi connectivity index (χ0n) is 16.4. The van der Waals surface area contributed by atoms with E-state index in [2.05, 4.69) is 26.8 Å². The number of nitro groups is 1. The fraction of sp³-hybridized carbons (Fsp3) is 0.200. The van der Waals surface area contributed by atoms with Crippen LogP contribution >= 0.6 is 15.9 Å². The number of hydrogen-bond acceptors (Lipinski definition) is 7. The SMILES string of the molecule is O=C(COC(=O)[C@H]1CC(=O)N(c2cccc([N+](=O)[O-])c2)C1)NNC(=O)c1ccc(Br)cc1. The monoisotopic (exact) mass is 504 g/mol. The number of rotatable bonds is 6. The van der Waals surface area contributed by atoms with Gasteiger partial charge in [0, 0.05) is 35.1 Å². The highest BCUT2D eigenvalue weighted by Crippen LogP contribution is 2.28. The Hall–Kier alpha value is -3.80. The van der Waals surface area contributed by atoms with Crippen LogP contribution < -0.4 is 15.8 Å². The number of esters is 1. The van der Waals surface area contributed by atoms with E-state index in [1.807, 2.05) is 0 Å². The number of ether oxygens (including phenoxy) is 1. The van der Waals surface area contributed by atoms with Crippen molar-refractivity contribution in [3.05, 3.63) is 68.7 Å². The molecule has 2 aromatic carbocycles. The van der Waals surface area contributed by atoms with E-state index >= 15 is 0 Å². The lowest BCUT2D eigenvalue weighted by atomic mass is 10.1. The molecule has 3 rings (SSSR count). The maximum absolute atomic E-state index is 12.3. The van der Waals surface area contributed by atoms with Crippen LogP contribution in [0.5, 0.6) is 0 Å². The lowest BCUT2D eigenvalue weighted by Crippen LogP contribution is -2.43. The molecule has 32 heavy (non-hydrogen) atoms. The van der Waals surface area contributed by atoms with Crippen LogP contribution in [-0.4, -0.2) is 41.8 Å². The number of non-ortho nitro benzene ring substituents is 1. The molecule has 0 aromatic heterocycles. The molecule has 11 nitrogen and oxygen atoms in total. The van der Waals surface area contributed by atoms with Gasteiger partial charge in [-0.2, -0.15) is 0 Å². The number of carbonyl (C=O) groups excluding carboxylic acids is 4. The van der Waals surface area contributed by atoms with Crippen molar-refractivity contribution in [1.82, 2.24) is 10.9 Å². The minimum absolute atomic E-state index is 0.0270. The van der Waals surface area contributed by atoms with Crippen molar-refractivity contribution >= 4 is 51.0 Å². The number of nitrogens with one attached hydrogen (secondary N) is 2. The molecule has 166 valence electrons. The fourth-order valence-corrected chi connectivity index (χ4v) is 3.24. The molecular formula is C20H17BrN4O7. The van der Waals surface area contributed by atoms with Gasteiger partial charge in [0.05, 0.1) is 16.5 Å². The molecule has 0 spiro atoms. The normalized spacial score (nSPS) is 15.2. The third-order valence-corrected chi connectivity index (χ3v) is 5.11. The van der Waals surface area contributed by atoms with Gasteiger partial charge in [-0.3, -0.25) is 40.1 Å². The zero-order valence-corrected chi connectivity index (χ0v) is 18.0. The van der Waals surface area contributed by atoms with E-state index in [1.54, 1.807) is 24.3 Å². The summed E-state index contributed by atoms with van der Waals surface area (Å²) in [6, 6.07) is 11.9. The summed E-state index contributed by atoms with van der Waals surface area (Å²) in [6.07, 6.45) is -0.149. The fourth-order valence-electron chi connectivity index (χ4n) is 2.98. The van der Waals surface area contributed by atoms with Crippen LogP contribution in [0, 0.1) is 16.0 Å². The summed E-state index contributed by atoms with van der Waals surface area (Å²) < 4.78 is 5.73. The minimum Gasteiger partial charge on any atom is -0.455 e. The first-order chi connectivity index (χ1) is 15.2. The van der Waals surface area contributed by atoms with E-state index in [4.69, 9.17) is 4.74 Å². The van der Waals surface area contributed by atoms with Crippen molar-refractivity contribution in [3.63, 3.8) is 0 Å². The first-order valence-electron chi connectivity index (χ1n) is 9.31. The van der Waals surface area contributed by atoms with Crippen LogP contribution in [0.1, 0.15) is 16.8 Å². The number of nitro benzene ring substituents is 1. The molecule has 2 aromatic rings. The van der Waals surface area contributed by atoms with E-state index in [-0.39, 0.29) is 18.7 Å². The van der Waals surface area contributed by atoms with Crippen LogP contribution in [0.2, 0.25) is 0 Å². The molecule has 1 heterocycles. The van der Waals surface area contributed by atoms with Crippen LogP contribution in [-0.2, 0) is 19.1 Å². The van der Waals surface area contributed by atoms with Crippen molar-refractivity contribution < 1.29 is 28.8 Å². The molecule has 2 N–H and O–H groups in total. The summed E-state index contributed by atoms with van der Waals surface area (Å²) in [5.41, 5.74) is 4.77. The molecule has 0 unspecified atom stereocenters. The quantitative estimate of drug-likeness (QED) is 0.345. The molecule has 3 amide bonds. The van der Waals surface area contributed by atoms with Crippen LogP contribution in [0.3, 0.4) is 0 Å². The summed E-state index contributed by atoms with van der Waals surface area (Å²) >= 11 is 3.25. The Bertz CT molecular complexity index is 1070. The van der Waals surface area contributed by atoms with Crippen LogP contribution in [0.25, 0.3) is 0 Å². The number of nitrogens with zero attached hydrogens (tertiary/aromatic N) is 2. The smallest absolute Gasteiger partial charge is 0.311 e. The molecule has 12 heteroatoms. The topological polar surface area (TPSA) is 148 Å². The van der Waals surface area contributed by atoms with Gasteiger partial charge in [-0.05, 0) is 30.3 Å². The second kappa shape index (κ2) is 10.0. The summed E-state index contributed by atoms with van der Waals surface area (Å²) in [6.45, 7) is -0.679. The maximum atomic E-state index is 12.3. The van der Waals surface area contributed by atoms with Gasteiger partial charge in [0.25, 0.3) is 17.5 Å². The zero-order chi connectivity index (χ0) is 23.3. The Balaban J connectivity index is 1.47. The van der Waals surface area contributed by atoms with Crippen LogP contribution in [0.15, 0.2) is 53.0 Å². The van der Waals surface area contributed by atoms with E-state index in [9.17, 15) is 29.3 Å². The number of amides is 3. The van der Waals surface area contributed by atoms with Crippen molar-refractivity contribution in [3.8, 4) is 0 Å². The highest BCUT2D eigenvalue weighted by atomic mass is 79.9. The molecule has 1 fully saturated rings. The summed E-state index contributed by atoms with van der Waals surface area (Å²) in [5, 5.41) is 10.9. The average Bonchev–Trinajstić information content (AvgIpc) is 3.18. The number of halogens is 1. The van der Waals surface area contributed by atoms with E-state index in [1.165, 1.54) is 29.2 Å². The molecule has 0 radical (unpaired) electrons. The Morgan fingerprint density at radius 2 is 1.88 bits per heavy atom. The Kier molecular flexibility index (Phi) is 7.15. The van der Waals surface area contributed by atoms with E-state index in [0.717, 1.165) is 4.47 Å². The van der Waals surface area contributed by atoms with E-state index < -0.39 is 41.1 Å². The van der Waals surface area contributed by atoms with Gasteiger partial charge in [-0.15, -0.1) is 0 Å². The van der Waals surface area contributed by atoms with Gasteiger partial charge < -0.3 is 9.64 Å². The summed E-state index contributed by atoms with van der Waals surface area (Å²) in [4.78, 5) is 59.9. The van der Waals surface area contributed by atoms with Gasteiger partial charge in [0.2, 0.25) is 5.91 Å². The number of hydrogen-bond donors (Lipinski definition) is 2. The Morgan fingerprint density at radius 3 is 2.56 bits per heavy atom. The summed E-state index contributed by atoms with van der Waals surface area (Å²) in [7, 11) is 0. The second-order valence-corrected chi connectivity index (χ2v) is 7.71. The number of anilines is 1. The van der Waals surface area contributed by atoms with Gasteiger partial charge in [0.15, 0.2) is 6.61 Å². The van der Waals surface area contributed by atoms with E-state index in [0.29, 0.717) is 11.3 Å². The van der Waals surface area contributed by atoms with Crippen molar-refractivity contribution in [2.75, 3.05) is 18.1 Å². The average molecular weight is 505 g/mol. The Labute approximate surface area is 190 Å². The highest BCUT2D eigenvalue weighted by molar-refractivity contribution is 9.10. The van der Waals surface area contributed by atoms with Gasteiger partial charge in [0.1, 0.15) is 0 Å². The van der Waals surface area contributed by atoms with Crippen molar-refractivity contribution in [1.29, 1.82) is 0 Å². The lowest BCUT2D eigenvalue weighted by molar-refractivity contribution is -0.384. The standard InChI is InChI=1S/C20H17BrN4O7/c21-14-6-4-12(5-7-14)19(28)23-22-17(26)11-32-20(29)13-8-18(27)24(10-13)15-2-1-3-16(9-15)25(30)31/h1-7,9,13H,8,10-11H2,(H,22,26)(H,23,28)/t13-/m0/s1. The molecule has 0 aliphatic carbocycles. The molecule has 1 aliphatic rings. The van der Waals surface area contributed by atoms with Gasteiger partial charge >= 0.3 is 5.97 Å². The first-order valence-corrected chi connectivity index (χ1v) is 10.1. The highest BCUT2D eigenvalue weighted by Gasteiger charge is 2.36. The molecule has 0 saturated carbocycles. The maximum Gasteiger partial charge on any atom is 0.311 e. The second-order valence-electron chi connectivity index (χ2n) is 6.80. The predicted octanol–water partition coefficient (Wildman–Crippen LogP) is 1.71. The minimum atomic E-state index is -0.827. The number of carbonyl (C=O) groups is 4. The number of benzene rings is 2. The molecule has 0 bridgehead atoms. The molecular weight excluding hydrogens is 488 g/mol. The third kappa shape index (κ3) is 5.66. The largest absolute Gasteiger partial charge is 0.455 e. The van der Waals surface area contributed by atoms with Crippen LogP contribution in [0.4, 0.5) is 11.4 Å². The molecule has 1 saturated heterocycles. The Morgan fingerprint density at radius 1 is 1.16 bits per heavy atom. The van der Waals surface area contributed by atoms with Gasteiger partial charge in [-0.25, -0.2) is 0 Å². The van der Waals surface area contributed by atoms with Crippen molar-refractivity contribution in [2.24, 2.45) is 5.92 Å². The molecule has 1 aliphatic heterocycles.